The van der Waals surface area contributed by atoms with Crippen LogP contribution in [0.4, 0.5) is 4.79 Å². The van der Waals surface area contributed by atoms with Gasteiger partial charge in [-0.25, -0.2) is 4.79 Å². The molecular formula is C39H50N2O13. The summed E-state index contributed by atoms with van der Waals surface area (Å²) in [6.07, 6.45) is 6.77. The number of allylic oxidation sites excluding steroid dienone is 4. The van der Waals surface area contributed by atoms with Gasteiger partial charge in [0, 0.05) is 16.7 Å². The first-order valence-corrected chi connectivity index (χ1v) is 18.8. The molecular weight excluding hydrogens is 704 g/mol. The van der Waals surface area contributed by atoms with Gasteiger partial charge in [0.25, 0.3) is 5.09 Å². The van der Waals surface area contributed by atoms with Gasteiger partial charge in [-0.15, -0.1) is 10.1 Å². The number of ether oxygens (including phenoxy) is 5. The van der Waals surface area contributed by atoms with Crippen molar-refractivity contribution in [1.82, 2.24) is 0 Å². The zero-order valence-corrected chi connectivity index (χ0v) is 30.9. The second-order valence-electron chi connectivity index (χ2n) is 15.6. The molecule has 6 rings (SSSR count). The largest absolute Gasteiger partial charge is 0.514 e. The Morgan fingerprint density at radius 2 is 1.87 bits per heavy atom. The molecule has 3 saturated carbocycles. The number of carbonyl (C=O) groups is 4. The van der Waals surface area contributed by atoms with Crippen LogP contribution in [0.1, 0.15) is 77.7 Å². The molecule has 1 aromatic rings. The summed E-state index contributed by atoms with van der Waals surface area (Å²) in [4.78, 5) is 66.1. The van der Waals surface area contributed by atoms with Gasteiger partial charge in [0.15, 0.2) is 24.3 Å². The molecule has 10 atom stereocenters. The van der Waals surface area contributed by atoms with Gasteiger partial charge >= 0.3 is 12.1 Å². The summed E-state index contributed by atoms with van der Waals surface area (Å²) >= 11 is 0. The van der Waals surface area contributed by atoms with Crippen LogP contribution < -0.4 is 10.5 Å². The van der Waals surface area contributed by atoms with E-state index in [-0.39, 0.29) is 55.3 Å². The molecule has 5 aliphatic rings. The zero-order chi connectivity index (χ0) is 38.8. The summed E-state index contributed by atoms with van der Waals surface area (Å²) in [6.45, 7) is 5.45. The number of fused-ring (bicyclic) bond motifs is 7. The Labute approximate surface area is 313 Å². The standard InChI is InChI=1S/C39H50N2O13/c1-4-7-33-53-32-20-28-27-13-10-24-19-25(42)14-15-37(24,2)34(27)30(43)21-38(28,3)39(32,54-33)31(44)22-50-36(46)52-26-11-8-23(9-12-26)18-29(40)35(45)49-16-5-6-17-51-41(47)48/h8-9,11-12,14-15,19,27-30,32-34,43H,4-7,10,13,16-18,20-22,40H2,1-3H3/t27-,28-,29?,30-,32+,33?,34+,37-,38-,39+/m0/s1. The molecule has 0 amide bonds. The minimum absolute atomic E-state index is 0.0185. The van der Waals surface area contributed by atoms with Gasteiger partial charge in [-0.3, -0.25) is 14.4 Å². The Bertz CT molecular complexity index is 1680. The highest BCUT2D eigenvalue weighted by molar-refractivity contribution is 6.01. The Morgan fingerprint density at radius 1 is 1.13 bits per heavy atom. The van der Waals surface area contributed by atoms with Gasteiger partial charge in [0.05, 0.1) is 25.4 Å². The number of carbonyl (C=O) groups excluding carboxylic acids is 4. The lowest BCUT2D eigenvalue weighted by molar-refractivity contribution is -0.757. The van der Waals surface area contributed by atoms with Crippen LogP contribution in [0, 0.1) is 38.7 Å². The maximum Gasteiger partial charge on any atom is 0.514 e. The lowest BCUT2D eigenvalue weighted by Gasteiger charge is -2.59. The first-order chi connectivity index (χ1) is 25.7. The van der Waals surface area contributed by atoms with Gasteiger partial charge in [-0.1, -0.05) is 51.0 Å². The number of hydrogen-bond donors (Lipinski definition) is 2. The van der Waals surface area contributed by atoms with Crippen LogP contribution in [-0.4, -0.2) is 83.8 Å². The van der Waals surface area contributed by atoms with Crippen molar-refractivity contribution in [3.8, 4) is 5.75 Å². The number of esters is 1. The van der Waals surface area contributed by atoms with Crippen LogP contribution in [0.25, 0.3) is 0 Å². The summed E-state index contributed by atoms with van der Waals surface area (Å²) < 4.78 is 28.9. The maximum atomic E-state index is 14.4. The number of unbranched alkanes of at least 4 members (excludes halogenated alkanes) is 1. The minimum Gasteiger partial charge on any atom is -0.465 e. The van der Waals surface area contributed by atoms with Crippen molar-refractivity contribution in [2.45, 2.75) is 109 Å². The highest BCUT2D eigenvalue weighted by atomic mass is 16.9. The number of Topliss-reactive ketones (excluding diaryl/α,β-unsaturated/α-hetero) is 1. The van der Waals surface area contributed by atoms with Crippen LogP contribution in [0.2, 0.25) is 0 Å². The van der Waals surface area contributed by atoms with Crippen molar-refractivity contribution in [2.75, 3.05) is 19.8 Å². The van der Waals surface area contributed by atoms with E-state index in [0.717, 1.165) is 24.8 Å². The molecule has 1 heterocycles. The molecule has 1 aliphatic heterocycles. The average molecular weight is 755 g/mol. The van der Waals surface area contributed by atoms with E-state index in [4.69, 9.17) is 29.4 Å². The van der Waals surface area contributed by atoms with E-state index in [1.54, 1.807) is 24.3 Å². The Hall–Kier alpha value is -4.18. The number of rotatable bonds is 15. The normalized spacial score (nSPS) is 34.0. The fourth-order valence-corrected chi connectivity index (χ4v) is 10.0. The average Bonchev–Trinajstić information content (AvgIpc) is 3.61. The Kier molecular flexibility index (Phi) is 11.6. The van der Waals surface area contributed by atoms with E-state index in [1.807, 2.05) is 19.9 Å². The number of nitrogens with two attached hydrogens (primary N) is 1. The number of benzene rings is 1. The van der Waals surface area contributed by atoms with Crippen molar-refractivity contribution in [1.29, 1.82) is 0 Å². The molecule has 0 radical (unpaired) electrons. The first-order valence-electron chi connectivity index (χ1n) is 18.8. The van der Waals surface area contributed by atoms with Crippen LogP contribution in [0.5, 0.6) is 5.75 Å². The van der Waals surface area contributed by atoms with E-state index < -0.39 is 70.6 Å². The predicted octanol–water partition coefficient (Wildman–Crippen LogP) is 4.34. The molecule has 15 heteroatoms. The first kappa shape index (κ1) is 39.5. The monoisotopic (exact) mass is 754 g/mol. The van der Waals surface area contributed by atoms with Gasteiger partial charge < -0.3 is 39.4 Å². The summed E-state index contributed by atoms with van der Waals surface area (Å²) in [6, 6.07) is 5.32. The smallest absolute Gasteiger partial charge is 0.465 e. The van der Waals surface area contributed by atoms with Crippen molar-refractivity contribution < 1.29 is 57.9 Å². The molecule has 54 heavy (non-hydrogen) atoms. The summed E-state index contributed by atoms with van der Waals surface area (Å²) in [5.41, 5.74) is 4.98. The Morgan fingerprint density at radius 3 is 2.59 bits per heavy atom. The van der Waals surface area contributed by atoms with E-state index in [1.165, 1.54) is 12.1 Å². The molecule has 1 saturated heterocycles. The number of aliphatic hydroxyl groups excluding tert-OH is 1. The van der Waals surface area contributed by atoms with Crippen LogP contribution in [0.15, 0.2) is 48.1 Å². The van der Waals surface area contributed by atoms with Gasteiger partial charge in [0.1, 0.15) is 11.8 Å². The van der Waals surface area contributed by atoms with Crippen molar-refractivity contribution in [3.63, 3.8) is 0 Å². The zero-order valence-electron chi connectivity index (χ0n) is 30.9. The topological polar surface area (TPSA) is 213 Å². The highest BCUT2D eigenvalue weighted by Crippen LogP contribution is 2.69. The number of aliphatic hydroxyl groups is 1. The highest BCUT2D eigenvalue weighted by Gasteiger charge is 2.76. The summed E-state index contributed by atoms with van der Waals surface area (Å²) in [5.74, 6) is -1.06. The molecule has 3 N–H and O–H groups in total. The third-order valence-electron chi connectivity index (χ3n) is 12.4. The van der Waals surface area contributed by atoms with Gasteiger partial charge in [-0.2, -0.15) is 0 Å². The molecule has 15 nitrogen and oxygen atoms in total. The molecule has 4 aliphatic carbocycles. The summed E-state index contributed by atoms with van der Waals surface area (Å²) in [5, 5.41) is 21.2. The molecule has 1 aromatic carbocycles. The van der Waals surface area contributed by atoms with E-state index >= 15 is 0 Å². The van der Waals surface area contributed by atoms with Crippen molar-refractivity contribution in [2.24, 2.45) is 34.3 Å². The Balaban J connectivity index is 1.07. The van der Waals surface area contributed by atoms with Gasteiger partial charge in [0.2, 0.25) is 5.78 Å². The quantitative estimate of drug-likeness (QED) is 0.0839. The fourth-order valence-electron chi connectivity index (χ4n) is 10.0. The maximum absolute atomic E-state index is 14.4. The second kappa shape index (κ2) is 15.9. The van der Waals surface area contributed by atoms with Crippen molar-refractivity contribution in [3.05, 3.63) is 63.7 Å². The molecule has 2 unspecified atom stereocenters. The third kappa shape index (κ3) is 7.42. The van der Waals surface area contributed by atoms with E-state index in [0.29, 0.717) is 31.2 Å². The molecule has 4 fully saturated rings. The number of ketones is 2. The number of hydrogen-bond acceptors (Lipinski definition) is 14. The number of nitrogens with zero attached hydrogens (tertiary/aromatic N) is 1. The fraction of sp³-hybridized carbons (Fsp3) is 0.641. The van der Waals surface area contributed by atoms with Crippen LogP contribution in [-0.2, 0) is 44.6 Å². The molecule has 0 bridgehead atoms. The van der Waals surface area contributed by atoms with E-state index in [2.05, 4.69) is 11.8 Å². The minimum atomic E-state index is -1.44. The van der Waals surface area contributed by atoms with Crippen molar-refractivity contribution >= 4 is 23.7 Å². The lowest BCUT2D eigenvalue weighted by Crippen LogP contribution is -2.63. The lowest BCUT2D eigenvalue weighted by atomic mass is 9.46. The van der Waals surface area contributed by atoms with Crippen LogP contribution in [0.3, 0.4) is 0 Å². The molecule has 294 valence electrons. The van der Waals surface area contributed by atoms with E-state index in [9.17, 15) is 34.4 Å². The molecule has 0 spiro atoms. The summed E-state index contributed by atoms with van der Waals surface area (Å²) in [7, 11) is 0. The second-order valence-corrected chi connectivity index (χ2v) is 15.6. The van der Waals surface area contributed by atoms with Crippen LogP contribution >= 0.6 is 0 Å². The van der Waals surface area contributed by atoms with Gasteiger partial charge in [-0.05, 0) is 93.1 Å². The third-order valence-corrected chi connectivity index (χ3v) is 12.4. The predicted molar refractivity (Wildman–Crippen MR) is 189 cm³/mol. The SMILES string of the molecule is CCCC1O[C@@H]2C[C@H]3[C@@H]4CCC5=CC(=O)C=C[C@]5(C)[C@H]4[C@@H](O)C[C@]3(C)[C@]2(C(=O)COC(=O)Oc2ccc(CC(N)C(=O)OCCCCO[N+](=O)[O-])cc2)O1. The molecule has 0 aromatic heterocycles.